The van der Waals surface area contributed by atoms with Crippen LogP contribution in [0.5, 0.6) is 5.88 Å². The number of carboxylic acid groups (broad SMARTS) is 1. The Labute approximate surface area is 224 Å². The summed E-state index contributed by atoms with van der Waals surface area (Å²) in [6.07, 6.45) is -5.46. The van der Waals surface area contributed by atoms with E-state index in [1.165, 1.54) is 4.90 Å². The molecule has 0 aliphatic carbocycles. The zero-order valence-electron chi connectivity index (χ0n) is 20.7. The van der Waals surface area contributed by atoms with Gasteiger partial charge in [-0.3, -0.25) is 9.78 Å². The first-order chi connectivity index (χ1) is 19.0. The Morgan fingerprint density at radius 1 is 0.950 bits per heavy atom. The number of hydrogen-bond donors (Lipinski definition) is 1. The van der Waals surface area contributed by atoms with E-state index in [9.17, 15) is 26.7 Å². The van der Waals surface area contributed by atoms with Crippen molar-refractivity contribution in [1.29, 1.82) is 0 Å². The molecule has 1 N–H and O–H groups in total. The van der Waals surface area contributed by atoms with Crippen molar-refractivity contribution in [2.75, 3.05) is 13.1 Å². The molecule has 1 amide bonds. The summed E-state index contributed by atoms with van der Waals surface area (Å²) in [5, 5.41) is 8.02. The van der Waals surface area contributed by atoms with Gasteiger partial charge in [-0.05, 0) is 24.3 Å². The van der Waals surface area contributed by atoms with Crippen molar-refractivity contribution in [3.63, 3.8) is 0 Å². The van der Waals surface area contributed by atoms with Crippen LogP contribution in [0.25, 0.3) is 22.2 Å². The number of hydrogen-bond acceptors (Lipinski definition) is 5. The maximum Gasteiger partial charge on any atom is 0.490 e. The maximum absolute atomic E-state index is 14.7. The first-order valence-corrected chi connectivity index (χ1v) is 12.0. The number of alkyl halides is 5. The zero-order valence-corrected chi connectivity index (χ0v) is 20.7. The smallest absolute Gasteiger partial charge is 0.475 e. The van der Waals surface area contributed by atoms with Gasteiger partial charge in [0.1, 0.15) is 0 Å². The minimum absolute atomic E-state index is 0.0695. The van der Waals surface area contributed by atoms with Gasteiger partial charge in [0, 0.05) is 36.2 Å². The third-order valence-electron chi connectivity index (χ3n) is 6.02. The number of nitrogens with zero attached hydrogens (tertiary/aromatic N) is 3. The summed E-state index contributed by atoms with van der Waals surface area (Å²) < 4.78 is 66.9. The van der Waals surface area contributed by atoms with Crippen LogP contribution in [0, 0.1) is 0 Å². The molecule has 0 spiro atoms. The van der Waals surface area contributed by atoms with E-state index in [1.807, 2.05) is 48.5 Å². The van der Waals surface area contributed by atoms with Gasteiger partial charge < -0.3 is 14.7 Å². The molecular formula is C28H22F5N3O4. The predicted octanol–water partition coefficient (Wildman–Crippen LogP) is 5.86. The highest BCUT2D eigenvalue weighted by molar-refractivity contribution is 6.00. The van der Waals surface area contributed by atoms with Crippen LogP contribution in [0.15, 0.2) is 85.1 Å². The third kappa shape index (κ3) is 6.68. The number of ether oxygens (including phenoxy) is 1. The minimum Gasteiger partial charge on any atom is -0.475 e. The second kappa shape index (κ2) is 11.6. The van der Waals surface area contributed by atoms with Gasteiger partial charge in [-0.1, -0.05) is 48.5 Å². The molecule has 7 nitrogen and oxygen atoms in total. The van der Waals surface area contributed by atoms with Crippen molar-refractivity contribution in [2.24, 2.45) is 0 Å². The second-order valence-electron chi connectivity index (χ2n) is 8.78. The molecule has 2 aromatic carbocycles. The molecule has 1 aliphatic heterocycles. The number of piperidine rings is 1. The van der Waals surface area contributed by atoms with Crippen LogP contribution in [0.3, 0.4) is 0 Å². The molecule has 40 heavy (non-hydrogen) atoms. The number of benzene rings is 2. The molecule has 0 saturated carbocycles. The molecule has 2 aromatic heterocycles. The Hall–Kier alpha value is -4.61. The lowest BCUT2D eigenvalue weighted by atomic mass is 10.0. The number of aliphatic carboxylic acids is 1. The summed E-state index contributed by atoms with van der Waals surface area (Å²) in [6, 6.07) is 23.4. The fourth-order valence-corrected chi connectivity index (χ4v) is 4.01. The zero-order chi connectivity index (χ0) is 28.9. The number of carbonyl (C=O) groups excluding carboxylic acids is 1. The van der Waals surface area contributed by atoms with Crippen LogP contribution in [-0.4, -0.2) is 63.1 Å². The van der Waals surface area contributed by atoms with Gasteiger partial charge in [-0.15, -0.1) is 0 Å². The molecule has 1 atom stereocenters. The largest absolute Gasteiger partial charge is 0.490 e. The van der Waals surface area contributed by atoms with Crippen LogP contribution in [0.4, 0.5) is 22.0 Å². The van der Waals surface area contributed by atoms with Crippen molar-refractivity contribution in [3.8, 4) is 17.1 Å². The Kier molecular flexibility index (Phi) is 8.26. The number of fused-ring (bicyclic) bond motifs is 1. The van der Waals surface area contributed by atoms with Crippen LogP contribution in [0.2, 0.25) is 0 Å². The molecule has 0 bridgehead atoms. The number of aromatic nitrogens is 2. The van der Waals surface area contributed by atoms with Gasteiger partial charge >= 0.3 is 12.1 Å². The van der Waals surface area contributed by atoms with E-state index < -0.39 is 30.6 Å². The Bertz CT molecular complexity index is 1500. The first kappa shape index (κ1) is 28.4. The van der Waals surface area contributed by atoms with E-state index in [2.05, 4.69) is 9.97 Å². The monoisotopic (exact) mass is 559 g/mol. The van der Waals surface area contributed by atoms with Gasteiger partial charge in [0.15, 0.2) is 6.10 Å². The summed E-state index contributed by atoms with van der Waals surface area (Å²) in [4.78, 5) is 32.4. The number of para-hydroxylation sites is 1. The highest BCUT2D eigenvalue weighted by atomic mass is 19.4. The normalized spacial score (nSPS) is 16.5. The number of rotatable bonds is 4. The highest BCUT2D eigenvalue weighted by Gasteiger charge is 2.47. The predicted molar refractivity (Wildman–Crippen MR) is 135 cm³/mol. The fraction of sp³-hybridized carbons (Fsp3) is 0.214. The SMILES string of the molecule is O=C(O)C(F)(F)F.O=C(c1cccnc1-c1ccccc1)N1CCC(F)(F)C(Oc2ccc3ccccc3n2)C1. The summed E-state index contributed by atoms with van der Waals surface area (Å²) in [7, 11) is 0. The van der Waals surface area contributed by atoms with E-state index in [-0.39, 0.29) is 24.9 Å². The van der Waals surface area contributed by atoms with Crippen molar-refractivity contribution in [2.45, 2.75) is 24.6 Å². The van der Waals surface area contributed by atoms with E-state index in [1.54, 1.807) is 36.5 Å². The minimum atomic E-state index is -5.08. The quantitative estimate of drug-likeness (QED) is 0.315. The Morgan fingerprint density at radius 3 is 2.33 bits per heavy atom. The third-order valence-corrected chi connectivity index (χ3v) is 6.02. The molecule has 0 radical (unpaired) electrons. The fourth-order valence-electron chi connectivity index (χ4n) is 4.01. The maximum atomic E-state index is 14.7. The van der Waals surface area contributed by atoms with Crippen LogP contribution >= 0.6 is 0 Å². The summed E-state index contributed by atoms with van der Waals surface area (Å²) >= 11 is 0. The van der Waals surface area contributed by atoms with Crippen molar-refractivity contribution >= 4 is 22.8 Å². The molecular weight excluding hydrogens is 537 g/mol. The van der Waals surface area contributed by atoms with E-state index in [4.69, 9.17) is 14.6 Å². The Balaban J connectivity index is 0.000000470. The average Bonchev–Trinajstić information content (AvgIpc) is 2.94. The standard InChI is InChI=1S/C26H21F2N3O2.C2HF3O2/c27-26(28)14-16-31(17-22(26)33-23-13-12-18-7-4-5-11-21(18)30-23)25(32)20-10-6-15-29-24(20)19-8-2-1-3-9-19;3-2(4,5)1(6)7/h1-13,15,22H,14,16-17H2;(H,6,7). The summed E-state index contributed by atoms with van der Waals surface area (Å²) in [5.41, 5.74) is 2.34. The van der Waals surface area contributed by atoms with E-state index in [0.717, 1.165) is 10.9 Å². The number of carbonyl (C=O) groups is 2. The molecule has 5 rings (SSSR count). The lowest BCUT2D eigenvalue weighted by Crippen LogP contribution is -2.55. The Morgan fingerprint density at radius 2 is 1.62 bits per heavy atom. The average molecular weight is 559 g/mol. The summed E-state index contributed by atoms with van der Waals surface area (Å²) in [5.74, 6) is -6.08. The molecule has 4 aromatic rings. The second-order valence-corrected chi connectivity index (χ2v) is 8.78. The molecule has 1 aliphatic rings. The van der Waals surface area contributed by atoms with Gasteiger partial charge in [0.2, 0.25) is 5.88 Å². The van der Waals surface area contributed by atoms with Crippen LogP contribution in [-0.2, 0) is 4.79 Å². The van der Waals surface area contributed by atoms with Crippen molar-refractivity contribution < 1.29 is 41.4 Å². The number of carboxylic acids is 1. The van der Waals surface area contributed by atoms with Crippen molar-refractivity contribution in [1.82, 2.24) is 14.9 Å². The van der Waals surface area contributed by atoms with Gasteiger partial charge in [-0.2, -0.15) is 13.2 Å². The molecule has 1 unspecified atom stereocenters. The van der Waals surface area contributed by atoms with Crippen LogP contribution < -0.4 is 4.74 Å². The lowest BCUT2D eigenvalue weighted by Gasteiger charge is -2.38. The van der Waals surface area contributed by atoms with Crippen LogP contribution in [0.1, 0.15) is 16.8 Å². The van der Waals surface area contributed by atoms with Gasteiger partial charge in [0.05, 0.1) is 23.3 Å². The molecule has 3 heterocycles. The molecule has 1 fully saturated rings. The van der Waals surface area contributed by atoms with E-state index in [0.29, 0.717) is 16.8 Å². The number of amides is 1. The van der Waals surface area contributed by atoms with Gasteiger partial charge in [-0.25, -0.2) is 18.6 Å². The number of pyridine rings is 2. The summed E-state index contributed by atoms with van der Waals surface area (Å²) in [6.45, 7) is -0.316. The van der Waals surface area contributed by atoms with Crippen molar-refractivity contribution in [3.05, 3.63) is 90.6 Å². The first-order valence-electron chi connectivity index (χ1n) is 12.0. The molecule has 1 saturated heterocycles. The lowest BCUT2D eigenvalue weighted by molar-refractivity contribution is -0.192. The van der Waals surface area contributed by atoms with E-state index >= 15 is 0 Å². The molecule has 208 valence electrons. The topological polar surface area (TPSA) is 92.6 Å². The van der Waals surface area contributed by atoms with Gasteiger partial charge in [0.25, 0.3) is 11.8 Å². The highest BCUT2D eigenvalue weighted by Crippen LogP contribution is 2.33. The molecule has 12 heteroatoms. The number of halogens is 5. The number of likely N-dealkylation sites (tertiary alicyclic amines) is 1.